The predicted molar refractivity (Wildman–Crippen MR) is 119 cm³/mol. The van der Waals surface area contributed by atoms with Crippen LogP contribution in [0.5, 0.6) is 0 Å². The fourth-order valence-electron chi connectivity index (χ4n) is 7.71. The molecular formula is C27H32N2O. The van der Waals surface area contributed by atoms with Crippen LogP contribution < -0.4 is 0 Å². The fourth-order valence-corrected chi connectivity index (χ4v) is 7.71. The normalized spacial score (nSPS) is 37.3. The highest BCUT2D eigenvalue weighted by Gasteiger charge is 2.58. The van der Waals surface area contributed by atoms with Crippen molar-refractivity contribution >= 4 is 16.8 Å². The molecule has 156 valence electrons. The summed E-state index contributed by atoms with van der Waals surface area (Å²) in [6, 6.07) is 4.43. The zero-order chi connectivity index (χ0) is 20.8. The number of aryl methyl sites for hydroxylation is 2. The third-order valence-corrected chi connectivity index (χ3v) is 9.66. The van der Waals surface area contributed by atoms with E-state index in [1.807, 2.05) is 6.08 Å². The lowest BCUT2D eigenvalue weighted by Gasteiger charge is -2.57. The molecule has 1 heterocycles. The van der Waals surface area contributed by atoms with Gasteiger partial charge in [0.25, 0.3) is 0 Å². The van der Waals surface area contributed by atoms with Crippen LogP contribution in [-0.4, -0.2) is 15.8 Å². The van der Waals surface area contributed by atoms with Crippen LogP contribution in [0.4, 0.5) is 0 Å². The number of rotatable bonds is 0. The van der Waals surface area contributed by atoms with Crippen molar-refractivity contribution in [3.8, 4) is 0 Å². The molecule has 6 rings (SSSR count). The molecule has 2 fully saturated rings. The number of aromatic nitrogens is 2. The molecule has 3 heteroatoms. The molecule has 30 heavy (non-hydrogen) atoms. The van der Waals surface area contributed by atoms with Crippen LogP contribution in [0.15, 0.2) is 23.8 Å². The molecule has 5 unspecified atom stereocenters. The van der Waals surface area contributed by atoms with Gasteiger partial charge in [-0.15, -0.1) is 0 Å². The van der Waals surface area contributed by atoms with Crippen molar-refractivity contribution in [3.63, 3.8) is 0 Å². The average Bonchev–Trinajstić information content (AvgIpc) is 3.00. The van der Waals surface area contributed by atoms with Crippen LogP contribution in [0.3, 0.4) is 0 Å². The zero-order valence-electron chi connectivity index (χ0n) is 18.7. The molecule has 0 saturated heterocycles. The quantitative estimate of drug-likeness (QED) is 0.562. The third kappa shape index (κ3) is 2.35. The van der Waals surface area contributed by atoms with Gasteiger partial charge in [-0.05, 0) is 105 Å². The Morgan fingerprint density at radius 1 is 0.900 bits per heavy atom. The molecule has 4 aliphatic rings. The fraction of sp³-hybridized carbons (Fsp3) is 0.593. The number of carbonyl (C=O) groups is 1. The lowest BCUT2D eigenvalue weighted by atomic mass is 9.47. The average molecular weight is 401 g/mol. The minimum Gasteiger partial charge on any atom is -0.295 e. The molecule has 2 saturated carbocycles. The van der Waals surface area contributed by atoms with Crippen molar-refractivity contribution < 1.29 is 4.79 Å². The second-order valence-electron chi connectivity index (χ2n) is 11.1. The smallest absolute Gasteiger partial charge is 0.155 e. The molecule has 0 N–H and O–H groups in total. The molecule has 5 atom stereocenters. The Labute approximate surface area is 179 Å². The molecular weight excluding hydrogens is 368 g/mol. The van der Waals surface area contributed by atoms with Gasteiger partial charge in [-0.1, -0.05) is 19.4 Å². The lowest BCUT2D eigenvalue weighted by Crippen LogP contribution is -2.51. The number of carbonyl (C=O) groups excluding carboxylic acids is 1. The van der Waals surface area contributed by atoms with E-state index in [4.69, 9.17) is 9.97 Å². The van der Waals surface area contributed by atoms with E-state index in [0.29, 0.717) is 17.6 Å². The number of benzene rings is 1. The van der Waals surface area contributed by atoms with E-state index in [1.54, 1.807) is 0 Å². The highest BCUT2D eigenvalue weighted by Crippen LogP contribution is 2.64. The summed E-state index contributed by atoms with van der Waals surface area (Å²) >= 11 is 0. The van der Waals surface area contributed by atoms with Crippen LogP contribution >= 0.6 is 0 Å². The zero-order valence-corrected chi connectivity index (χ0v) is 18.7. The minimum atomic E-state index is 0.151. The van der Waals surface area contributed by atoms with Crippen molar-refractivity contribution in [2.75, 3.05) is 0 Å². The maximum Gasteiger partial charge on any atom is 0.155 e. The minimum absolute atomic E-state index is 0.151. The predicted octanol–water partition coefficient (Wildman–Crippen LogP) is 5.79. The Morgan fingerprint density at radius 2 is 1.63 bits per heavy atom. The van der Waals surface area contributed by atoms with E-state index in [1.165, 1.54) is 47.4 Å². The van der Waals surface area contributed by atoms with Gasteiger partial charge in [-0.3, -0.25) is 4.79 Å². The second-order valence-corrected chi connectivity index (χ2v) is 11.1. The number of hydrogen-bond acceptors (Lipinski definition) is 3. The van der Waals surface area contributed by atoms with Gasteiger partial charge in [0.1, 0.15) is 0 Å². The summed E-state index contributed by atoms with van der Waals surface area (Å²) < 4.78 is 0. The van der Waals surface area contributed by atoms with Crippen LogP contribution in [-0.2, 0) is 16.6 Å². The highest BCUT2D eigenvalue weighted by molar-refractivity contribution is 5.91. The first-order valence-corrected chi connectivity index (χ1v) is 11.8. The van der Waals surface area contributed by atoms with Gasteiger partial charge in [0.05, 0.1) is 22.4 Å². The second kappa shape index (κ2) is 6.02. The SMILES string of the molecule is Cc1cc2nc3c(nc2cc1C)C1(C)CCC2C(CCC4=CC(=O)CCC42C)C1C3. The molecule has 1 aromatic heterocycles. The molecule has 0 amide bonds. The first-order valence-electron chi connectivity index (χ1n) is 11.8. The summed E-state index contributed by atoms with van der Waals surface area (Å²) in [6.07, 6.45) is 9.67. The maximum atomic E-state index is 12.1. The van der Waals surface area contributed by atoms with Crippen LogP contribution in [0, 0.1) is 37.0 Å². The first-order chi connectivity index (χ1) is 14.3. The van der Waals surface area contributed by atoms with Gasteiger partial charge in [-0.2, -0.15) is 0 Å². The Kier molecular flexibility index (Phi) is 3.76. The van der Waals surface area contributed by atoms with Gasteiger partial charge in [-0.25, -0.2) is 9.97 Å². The van der Waals surface area contributed by atoms with Gasteiger partial charge in [0.15, 0.2) is 5.78 Å². The van der Waals surface area contributed by atoms with E-state index in [-0.39, 0.29) is 10.8 Å². The number of hydrogen-bond donors (Lipinski definition) is 0. The number of allylic oxidation sites excluding steroid dienone is 2. The third-order valence-electron chi connectivity index (χ3n) is 9.66. The van der Waals surface area contributed by atoms with Crippen molar-refractivity contribution in [2.24, 2.45) is 23.2 Å². The summed E-state index contributed by atoms with van der Waals surface area (Å²) in [5.74, 6) is 2.42. The molecule has 3 nitrogen and oxygen atoms in total. The van der Waals surface area contributed by atoms with E-state index in [2.05, 4.69) is 39.8 Å². The molecule has 4 aliphatic carbocycles. The molecule has 0 spiro atoms. The molecule has 0 radical (unpaired) electrons. The van der Waals surface area contributed by atoms with Crippen molar-refractivity contribution in [1.82, 2.24) is 9.97 Å². The van der Waals surface area contributed by atoms with Crippen molar-refractivity contribution in [3.05, 3.63) is 46.3 Å². The number of ketones is 1. The van der Waals surface area contributed by atoms with Gasteiger partial charge >= 0.3 is 0 Å². The standard InChI is InChI=1S/C27H32N2O/c1-15-11-22-23(12-16(15)2)29-25-24(28-22)14-21-19-6-5-17-13-18(30)7-9-26(17,3)20(19)8-10-27(21,25)4/h11-13,19-21H,5-10,14H2,1-4H3. The Bertz CT molecular complexity index is 1130. The number of nitrogens with zero attached hydrogens (tertiary/aromatic N) is 2. The van der Waals surface area contributed by atoms with Crippen molar-refractivity contribution in [1.29, 1.82) is 0 Å². The van der Waals surface area contributed by atoms with Crippen LogP contribution in [0.2, 0.25) is 0 Å². The van der Waals surface area contributed by atoms with Gasteiger partial charge < -0.3 is 0 Å². The summed E-state index contributed by atoms with van der Waals surface area (Å²) in [6.45, 7) is 9.27. The largest absolute Gasteiger partial charge is 0.295 e. The Balaban J connectivity index is 1.42. The topological polar surface area (TPSA) is 42.9 Å². The highest BCUT2D eigenvalue weighted by atomic mass is 16.1. The van der Waals surface area contributed by atoms with Crippen LogP contribution in [0.1, 0.15) is 74.9 Å². The summed E-state index contributed by atoms with van der Waals surface area (Å²) in [5, 5.41) is 0. The molecule has 0 aliphatic heterocycles. The monoisotopic (exact) mass is 400 g/mol. The molecule has 0 bridgehead atoms. The van der Waals surface area contributed by atoms with Gasteiger partial charge in [0.2, 0.25) is 0 Å². The first kappa shape index (κ1) is 18.7. The van der Waals surface area contributed by atoms with E-state index >= 15 is 0 Å². The summed E-state index contributed by atoms with van der Waals surface area (Å²) in [4.78, 5) is 22.5. The van der Waals surface area contributed by atoms with Crippen molar-refractivity contribution in [2.45, 2.75) is 78.1 Å². The Hall–Kier alpha value is -2.03. The van der Waals surface area contributed by atoms with Crippen LogP contribution in [0.25, 0.3) is 11.0 Å². The number of fused-ring (bicyclic) bond motifs is 8. The van der Waals surface area contributed by atoms with E-state index in [9.17, 15) is 4.79 Å². The lowest BCUT2D eigenvalue weighted by molar-refractivity contribution is -0.117. The molecule has 2 aromatic rings. The summed E-state index contributed by atoms with van der Waals surface area (Å²) in [7, 11) is 0. The maximum absolute atomic E-state index is 12.1. The van der Waals surface area contributed by atoms with Gasteiger partial charge in [0, 0.05) is 11.8 Å². The molecule has 1 aromatic carbocycles. The Morgan fingerprint density at radius 3 is 2.40 bits per heavy atom. The van der Waals surface area contributed by atoms with E-state index < -0.39 is 0 Å². The summed E-state index contributed by atoms with van der Waals surface area (Å²) in [5.41, 5.74) is 9.08. The van der Waals surface area contributed by atoms with E-state index in [0.717, 1.165) is 42.6 Å².